The maximum Gasteiger partial charge on any atom is 0.356 e. The fraction of sp³-hybridized carbons (Fsp3) is 0.263. The van der Waals surface area contributed by atoms with E-state index in [0.29, 0.717) is 11.4 Å². The molecule has 0 saturated heterocycles. The lowest BCUT2D eigenvalue weighted by molar-refractivity contribution is 0.0591. The Hall–Kier alpha value is -2.89. The van der Waals surface area contributed by atoms with Gasteiger partial charge in [0.25, 0.3) is 0 Å². The molecule has 0 atom stereocenters. The number of hydrogen-bond donors (Lipinski definition) is 1. The molecule has 5 nitrogen and oxygen atoms in total. The number of nitrogens with zero attached hydrogens (tertiary/aromatic N) is 2. The Morgan fingerprint density at radius 1 is 1.28 bits per heavy atom. The van der Waals surface area contributed by atoms with Gasteiger partial charge in [-0.25, -0.2) is 9.18 Å². The molecule has 0 fully saturated rings. The van der Waals surface area contributed by atoms with Crippen LogP contribution in [0, 0.1) is 12.7 Å². The monoisotopic (exact) mass is 343 g/mol. The quantitative estimate of drug-likeness (QED) is 0.707. The summed E-state index contributed by atoms with van der Waals surface area (Å²) in [5, 5.41) is 3.73. The van der Waals surface area contributed by atoms with Gasteiger partial charge in [-0.05, 0) is 30.7 Å². The number of aryl methyl sites for hydroxylation is 2. The first-order valence-corrected chi connectivity index (χ1v) is 8.07. The second-order valence-electron chi connectivity index (χ2n) is 5.28. The summed E-state index contributed by atoms with van der Waals surface area (Å²) in [6.07, 6.45) is 3.27. The van der Waals surface area contributed by atoms with Crippen LogP contribution in [-0.4, -0.2) is 22.6 Å². The second-order valence-corrected chi connectivity index (χ2v) is 5.28. The lowest BCUT2D eigenvalue weighted by Crippen LogP contribution is -2.10. The van der Waals surface area contributed by atoms with Gasteiger partial charge in [0.2, 0.25) is 0 Å². The average molecular weight is 343 g/mol. The van der Waals surface area contributed by atoms with E-state index in [1.807, 2.05) is 20.8 Å². The molecule has 3 rings (SSSR count). The maximum atomic E-state index is 14.2. The van der Waals surface area contributed by atoms with Gasteiger partial charge in [0.15, 0.2) is 5.69 Å². The SMILES string of the molecule is CC.COC(=O)c1c(Nc2ccc(C)cc2F)c2cnccc2n1C. The normalized spacial score (nSPS) is 10.2. The highest BCUT2D eigenvalue weighted by atomic mass is 19.1. The number of carbonyl (C=O) groups is 1. The zero-order chi connectivity index (χ0) is 18.6. The van der Waals surface area contributed by atoms with Gasteiger partial charge >= 0.3 is 5.97 Å². The number of pyridine rings is 1. The molecule has 2 aromatic heterocycles. The summed E-state index contributed by atoms with van der Waals surface area (Å²) in [6, 6.07) is 6.66. The zero-order valence-electron chi connectivity index (χ0n) is 15.1. The molecular formula is C19H22FN3O2. The van der Waals surface area contributed by atoms with E-state index in [1.165, 1.54) is 13.2 Å². The van der Waals surface area contributed by atoms with Crippen molar-refractivity contribution in [1.29, 1.82) is 0 Å². The average Bonchev–Trinajstić information content (AvgIpc) is 2.91. The Morgan fingerprint density at radius 2 is 2.00 bits per heavy atom. The lowest BCUT2D eigenvalue weighted by Gasteiger charge is -2.10. The van der Waals surface area contributed by atoms with Crippen molar-refractivity contribution in [3.63, 3.8) is 0 Å². The van der Waals surface area contributed by atoms with Crippen molar-refractivity contribution in [2.24, 2.45) is 7.05 Å². The van der Waals surface area contributed by atoms with Crippen LogP contribution in [0.25, 0.3) is 10.9 Å². The molecular weight excluding hydrogens is 321 g/mol. The zero-order valence-corrected chi connectivity index (χ0v) is 15.1. The van der Waals surface area contributed by atoms with E-state index < -0.39 is 5.97 Å². The third-order valence-electron chi connectivity index (χ3n) is 3.76. The van der Waals surface area contributed by atoms with E-state index >= 15 is 0 Å². The number of anilines is 2. The number of aromatic nitrogens is 2. The van der Waals surface area contributed by atoms with Crippen molar-refractivity contribution in [2.45, 2.75) is 20.8 Å². The van der Waals surface area contributed by atoms with E-state index in [0.717, 1.165) is 16.5 Å². The minimum Gasteiger partial charge on any atom is -0.464 e. The highest BCUT2D eigenvalue weighted by Crippen LogP contribution is 2.33. The van der Waals surface area contributed by atoms with Crippen molar-refractivity contribution in [3.05, 3.63) is 53.7 Å². The van der Waals surface area contributed by atoms with Crippen LogP contribution in [0.1, 0.15) is 29.9 Å². The Morgan fingerprint density at radius 3 is 2.64 bits per heavy atom. The van der Waals surface area contributed by atoms with Crippen molar-refractivity contribution >= 4 is 28.2 Å². The van der Waals surface area contributed by atoms with Gasteiger partial charge < -0.3 is 14.6 Å². The molecule has 0 bridgehead atoms. The number of halogens is 1. The van der Waals surface area contributed by atoms with Gasteiger partial charge in [-0.2, -0.15) is 0 Å². The second kappa shape index (κ2) is 7.79. The van der Waals surface area contributed by atoms with E-state index in [4.69, 9.17) is 4.74 Å². The summed E-state index contributed by atoms with van der Waals surface area (Å²) in [4.78, 5) is 16.2. The summed E-state index contributed by atoms with van der Waals surface area (Å²) in [7, 11) is 3.07. The Balaban J connectivity index is 0.00000109. The molecule has 0 amide bonds. The molecule has 2 heterocycles. The van der Waals surface area contributed by atoms with Crippen LogP contribution in [0.4, 0.5) is 15.8 Å². The standard InChI is InChI=1S/C17H16FN3O2.C2H6/c1-10-4-5-13(12(18)8-10)20-15-11-9-19-7-6-14(11)21(2)16(15)17(22)23-3;1-2/h4-9,20H,1-3H3;1-2H3. The number of ether oxygens (including phenoxy) is 1. The fourth-order valence-corrected chi connectivity index (χ4v) is 2.61. The van der Waals surface area contributed by atoms with Crippen molar-refractivity contribution < 1.29 is 13.9 Å². The van der Waals surface area contributed by atoms with Crippen LogP contribution in [0.3, 0.4) is 0 Å². The van der Waals surface area contributed by atoms with Gasteiger partial charge in [0.1, 0.15) is 5.82 Å². The maximum absolute atomic E-state index is 14.2. The number of fused-ring (bicyclic) bond motifs is 1. The summed E-state index contributed by atoms with van der Waals surface area (Å²) in [6.45, 7) is 5.81. The van der Waals surface area contributed by atoms with E-state index in [-0.39, 0.29) is 11.5 Å². The largest absolute Gasteiger partial charge is 0.464 e. The topological polar surface area (TPSA) is 56.1 Å². The first-order chi connectivity index (χ1) is 12.0. The minimum absolute atomic E-state index is 0.289. The minimum atomic E-state index is -0.501. The summed E-state index contributed by atoms with van der Waals surface area (Å²) < 4.78 is 20.7. The molecule has 0 saturated carbocycles. The van der Waals surface area contributed by atoms with Gasteiger partial charge in [0.05, 0.1) is 24.0 Å². The highest BCUT2D eigenvalue weighted by molar-refractivity contribution is 6.07. The molecule has 0 radical (unpaired) electrons. The first-order valence-electron chi connectivity index (χ1n) is 8.07. The molecule has 0 aliphatic carbocycles. The smallest absolute Gasteiger partial charge is 0.356 e. The van der Waals surface area contributed by atoms with Crippen LogP contribution >= 0.6 is 0 Å². The van der Waals surface area contributed by atoms with Crippen molar-refractivity contribution in [3.8, 4) is 0 Å². The highest BCUT2D eigenvalue weighted by Gasteiger charge is 2.22. The Bertz CT molecular complexity index is 903. The predicted octanol–water partition coefficient (Wildman–Crippen LogP) is 4.58. The van der Waals surface area contributed by atoms with Crippen LogP contribution in [-0.2, 0) is 11.8 Å². The van der Waals surface area contributed by atoms with Crippen LogP contribution in [0.2, 0.25) is 0 Å². The van der Waals surface area contributed by atoms with Crippen LogP contribution in [0.5, 0.6) is 0 Å². The number of rotatable bonds is 3. The molecule has 132 valence electrons. The third-order valence-corrected chi connectivity index (χ3v) is 3.76. The van der Waals surface area contributed by atoms with Crippen molar-refractivity contribution in [1.82, 2.24) is 9.55 Å². The van der Waals surface area contributed by atoms with E-state index in [1.54, 1.807) is 42.2 Å². The molecule has 25 heavy (non-hydrogen) atoms. The Kier molecular flexibility index (Phi) is 5.75. The van der Waals surface area contributed by atoms with E-state index in [9.17, 15) is 9.18 Å². The number of benzene rings is 1. The van der Waals surface area contributed by atoms with Gasteiger partial charge in [-0.1, -0.05) is 19.9 Å². The molecule has 0 unspecified atom stereocenters. The number of hydrogen-bond acceptors (Lipinski definition) is 4. The number of methoxy groups -OCH3 is 1. The number of carbonyl (C=O) groups excluding carboxylic acids is 1. The van der Waals surface area contributed by atoms with E-state index in [2.05, 4.69) is 10.3 Å². The first kappa shape index (κ1) is 18.4. The fourth-order valence-electron chi connectivity index (χ4n) is 2.61. The van der Waals surface area contributed by atoms with Crippen LogP contribution < -0.4 is 5.32 Å². The Labute approximate surface area is 146 Å². The summed E-state index contributed by atoms with van der Waals surface area (Å²) in [5.74, 6) is -0.888. The molecule has 1 N–H and O–H groups in total. The van der Waals surface area contributed by atoms with Crippen LogP contribution in [0.15, 0.2) is 36.7 Å². The predicted molar refractivity (Wildman–Crippen MR) is 97.8 cm³/mol. The summed E-state index contributed by atoms with van der Waals surface area (Å²) >= 11 is 0. The molecule has 3 aromatic rings. The molecule has 0 aliphatic rings. The summed E-state index contributed by atoms with van der Waals surface area (Å²) in [5.41, 5.74) is 2.70. The number of nitrogens with one attached hydrogen (secondary N) is 1. The molecule has 1 aromatic carbocycles. The van der Waals surface area contributed by atoms with Crippen molar-refractivity contribution in [2.75, 3.05) is 12.4 Å². The molecule has 6 heteroatoms. The molecule has 0 spiro atoms. The number of esters is 1. The van der Waals surface area contributed by atoms with Gasteiger partial charge in [-0.3, -0.25) is 4.98 Å². The molecule has 0 aliphatic heterocycles. The third kappa shape index (κ3) is 3.47. The van der Waals surface area contributed by atoms with Gasteiger partial charge in [-0.15, -0.1) is 0 Å². The van der Waals surface area contributed by atoms with Gasteiger partial charge in [0, 0.05) is 24.8 Å². The lowest BCUT2D eigenvalue weighted by atomic mass is 10.2.